The zero-order valence-electron chi connectivity index (χ0n) is 12.6. The number of hydrogen-bond donors (Lipinski definition) is 0. The molecule has 0 atom stereocenters. The summed E-state index contributed by atoms with van der Waals surface area (Å²) in [5.74, 6) is 0.599. The van der Waals surface area contributed by atoms with Gasteiger partial charge in [-0.2, -0.15) is 0 Å². The Balaban J connectivity index is 2.20. The van der Waals surface area contributed by atoms with Crippen LogP contribution >= 0.6 is 0 Å². The molecule has 0 bridgehead atoms. The summed E-state index contributed by atoms with van der Waals surface area (Å²) in [6, 6.07) is 5.65. The molecule has 0 radical (unpaired) electrons. The van der Waals surface area contributed by atoms with Crippen molar-refractivity contribution in [2.45, 2.75) is 58.8 Å². The van der Waals surface area contributed by atoms with Crippen LogP contribution < -0.4 is 10.3 Å². The van der Waals surface area contributed by atoms with Gasteiger partial charge in [0, 0.05) is 6.07 Å². The number of nitrogens with zero attached hydrogens (tertiary/aromatic N) is 1. The van der Waals surface area contributed by atoms with Gasteiger partial charge in [-0.1, -0.05) is 6.07 Å². The molecule has 0 spiro atoms. The molecule has 104 valence electrons. The van der Waals surface area contributed by atoms with Crippen molar-refractivity contribution in [3.8, 4) is 5.88 Å². The molecule has 0 amide bonds. The third-order valence-electron chi connectivity index (χ3n) is 3.60. The largest absolute Gasteiger partial charge is 0.514 e. The molecule has 1 saturated heterocycles. The lowest BCUT2D eigenvalue weighted by molar-refractivity contribution is 0.00578. The predicted molar refractivity (Wildman–Crippen MR) is 75.7 cm³/mol. The SMILES string of the molecule is CC(C)Oc1cccc(B2OC(C)(C)C(C)(C)O2)n1. The van der Waals surface area contributed by atoms with Crippen molar-refractivity contribution in [3.05, 3.63) is 18.2 Å². The molecule has 1 aromatic rings. The van der Waals surface area contributed by atoms with Crippen LogP contribution in [0.1, 0.15) is 41.5 Å². The number of hydrogen-bond acceptors (Lipinski definition) is 4. The molecule has 0 saturated carbocycles. The second kappa shape index (κ2) is 4.80. The van der Waals surface area contributed by atoms with Crippen molar-refractivity contribution < 1.29 is 14.0 Å². The third-order valence-corrected chi connectivity index (χ3v) is 3.60. The zero-order valence-corrected chi connectivity index (χ0v) is 12.6. The topological polar surface area (TPSA) is 40.6 Å². The normalized spacial score (nSPS) is 20.9. The van der Waals surface area contributed by atoms with Crippen molar-refractivity contribution in [3.63, 3.8) is 0 Å². The number of aromatic nitrogens is 1. The first-order chi connectivity index (χ1) is 8.71. The lowest BCUT2D eigenvalue weighted by Gasteiger charge is -2.32. The van der Waals surface area contributed by atoms with E-state index in [-0.39, 0.29) is 17.3 Å². The summed E-state index contributed by atoms with van der Waals surface area (Å²) in [5, 5.41) is 0. The Bertz CT molecular complexity index is 444. The highest BCUT2D eigenvalue weighted by atomic mass is 16.7. The minimum absolute atomic E-state index is 0.0982. The Morgan fingerprint density at radius 2 is 1.68 bits per heavy atom. The van der Waals surface area contributed by atoms with E-state index in [1.807, 2.05) is 59.7 Å². The van der Waals surface area contributed by atoms with E-state index in [0.29, 0.717) is 5.88 Å². The van der Waals surface area contributed by atoms with Gasteiger partial charge < -0.3 is 14.0 Å². The minimum Gasteiger partial charge on any atom is -0.475 e. The maximum absolute atomic E-state index is 5.97. The van der Waals surface area contributed by atoms with Gasteiger partial charge in [-0.05, 0) is 47.6 Å². The van der Waals surface area contributed by atoms with Crippen LogP contribution in [0.4, 0.5) is 0 Å². The van der Waals surface area contributed by atoms with Gasteiger partial charge in [0.15, 0.2) is 0 Å². The first kappa shape index (κ1) is 14.3. The molecule has 1 aliphatic heterocycles. The summed E-state index contributed by atoms with van der Waals surface area (Å²) in [7, 11) is -0.444. The highest BCUT2D eigenvalue weighted by Crippen LogP contribution is 2.36. The molecular weight excluding hydrogens is 241 g/mol. The van der Waals surface area contributed by atoms with E-state index in [1.165, 1.54) is 0 Å². The first-order valence-electron chi connectivity index (χ1n) is 6.70. The van der Waals surface area contributed by atoms with Crippen molar-refractivity contribution in [1.29, 1.82) is 0 Å². The molecule has 0 aliphatic carbocycles. The monoisotopic (exact) mass is 263 g/mol. The second-order valence-electron chi connectivity index (χ2n) is 6.16. The summed E-state index contributed by atoms with van der Waals surface area (Å²) in [5.41, 5.74) is 0.0412. The first-order valence-corrected chi connectivity index (χ1v) is 6.70. The molecule has 19 heavy (non-hydrogen) atoms. The van der Waals surface area contributed by atoms with E-state index in [9.17, 15) is 0 Å². The van der Waals surface area contributed by atoms with Gasteiger partial charge in [-0.15, -0.1) is 0 Å². The van der Waals surface area contributed by atoms with Crippen LogP contribution in [0.25, 0.3) is 0 Å². The van der Waals surface area contributed by atoms with E-state index in [2.05, 4.69) is 4.98 Å². The second-order valence-corrected chi connectivity index (χ2v) is 6.16. The fourth-order valence-electron chi connectivity index (χ4n) is 1.83. The van der Waals surface area contributed by atoms with E-state index < -0.39 is 7.12 Å². The third kappa shape index (κ3) is 2.93. The lowest BCUT2D eigenvalue weighted by atomic mass is 9.84. The zero-order chi connectivity index (χ0) is 14.3. The van der Waals surface area contributed by atoms with Crippen LogP contribution in [0.3, 0.4) is 0 Å². The molecule has 1 aliphatic rings. The fourth-order valence-corrected chi connectivity index (χ4v) is 1.83. The van der Waals surface area contributed by atoms with Crippen LogP contribution in [0, 0.1) is 0 Å². The van der Waals surface area contributed by atoms with Crippen molar-refractivity contribution in [1.82, 2.24) is 4.98 Å². The number of pyridine rings is 1. The Morgan fingerprint density at radius 3 is 2.21 bits per heavy atom. The minimum atomic E-state index is -0.444. The summed E-state index contributed by atoms with van der Waals surface area (Å²) in [6.07, 6.45) is 0.0982. The lowest BCUT2D eigenvalue weighted by Crippen LogP contribution is -2.41. The Labute approximate surface area is 115 Å². The molecule has 1 fully saturated rings. The number of rotatable bonds is 3. The van der Waals surface area contributed by atoms with Crippen LogP contribution in [-0.4, -0.2) is 29.4 Å². The highest BCUT2D eigenvalue weighted by Gasteiger charge is 2.52. The van der Waals surface area contributed by atoms with Gasteiger partial charge in [-0.3, -0.25) is 0 Å². The van der Waals surface area contributed by atoms with Crippen LogP contribution in [0.2, 0.25) is 0 Å². The Kier molecular flexibility index (Phi) is 3.62. The smallest absolute Gasteiger partial charge is 0.475 e. The van der Waals surface area contributed by atoms with Crippen molar-refractivity contribution in [2.75, 3.05) is 0 Å². The van der Waals surface area contributed by atoms with Gasteiger partial charge in [0.1, 0.15) is 0 Å². The summed E-state index contributed by atoms with van der Waals surface area (Å²) < 4.78 is 17.5. The van der Waals surface area contributed by atoms with Crippen LogP contribution in [0.5, 0.6) is 5.88 Å². The molecule has 0 aromatic carbocycles. The molecule has 0 unspecified atom stereocenters. The van der Waals surface area contributed by atoms with Crippen LogP contribution in [0.15, 0.2) is 18.2 Å². The standard InChI is InChI=1S/C14H22BNO3/c1-10(2)17-12-9-7-8-11(16-12)15-18-13(3,4)14(5,6)19-15/h7-10H,1-6H3. The summed E-state index contributed by atoms with van der Waals surface area (Å²) >= 11 is 0. The van der Waals surface area contributed by atoms with Gasteiger partial charge in [0.25, 0.3) is 0 Å². The van der Waals surface area contributed by atoms with E-state index in [4.69, 9.17) is 14.0 Å². The average Bonchev–Trinajstić information content (AvgIpc) is 2.47. The molecule has 2 rings (SSSR count). The maximum Gasteiger partial charge on any atom is 0.514 e. The fraction of sp³-hybridized carbons (Fsp3) is 0.643. The van der Waals surface area contributed by atoms with Crippen molar-refractivity contribution >= 4 is 12.7 Å². The highest BCUT2D eigenvalue weighted by molar-refractivity contribution is 6.61. The van der Waals surface area contributed by atoms with Gasteiger partial charge >= 0.3 is 7.12 Å². The van der Waals surface area contributed by atoms with Crippen LogP contribution in [-0.2, 0) is 9.31 Å². The summed E-state index contributed by atoms with van der Waals surface area (Å²) in [4.78, 5) is 4.45. The van der Waals surface area contributed by atoms with Gasteiger partial charge in [0.05, 0.1) is 22.9 Å². The Hall–Kier alpha value is -1.07. The molecule has 2 heterocycles. The molecule has 5 heteroatoms. The Morgan fingerprint density at radius 1 is 1.11 bits per heavy atom. The molecule has 4 nitrogen and oxygen atoms in total. The average molecular weight is 263 g/mol. The predicted octanol–water partition coefficient (Wildman–Crippen LogP) is 2.17. The van der Waals surface area contributed by atoms with E-state index >= 15 is 0 Å². The van der Waals surface area contributed by atoms with Crippen molar-refractivity contribution in [2.24, 2.45) is 0 Å². The van der Waals surface area contributed by atoms with Gasteiger partial charge in [0.2, 0.25) is 5.88 Å². The molecule has 0 N–H and O–H groups in total. The summed E-state index contributed by atoms with van der Waals surface area (Å²) in [6.45, 7) is 12.1. The number of ether oxygens (including phenoxy) is 1. The van der Waals surface area contributed by atoms with E-state index in [1.54, 1.807) is 0 Å². The van der Waals surface area contributed by atoms with E-state index in [0.717, 1.165) is 5.59 Å². The van der Waals surface area contributed by atoms with Gasteiger partial charge in [-0.25, -0.2) is 4.98 Å². The maximum atomic E-state index is 5.97. The molecule has 1 aromatic heterocycles. The molecular formula is C14H22BNO3. The quantitative estimate of drug-likeness (QED) is 0.783.